The van der Waals surface area contributed by atoms with E-state index in [4.69, 9.17) is 4.98 Å². The predicted molar refractivity (Wildman–Crippen MR) is 104 cm³/mol. The fourth-order valence-electron chi connectivity index (χ4n) is 3.50. The van der Waals surface area contributed by atoms with Crippen LogP contribution in [0.1, 0.15) is 29.5 Å². The normalized spacial score (nSPS) is 16.4. The highest BCUT2D eigenvalue weighted by Crippen LogP contribution is 2.34. The number of aromatic amines is 2. The van der Waals surface area contributed by atoms with E-state index in [9.17, 15) is 4.79 Å². The number of H-pyrrole nitrogens is 2. The highest BCUT2D eigenvalue weighted by atomic mass is 32.1. The zero-order valence-corrected chi connectivity index (χ0v) is 15.0. The Hall–Kier alpha value is -2.93. The van der Waals surface area contributed by atoms with Gasteiger partial charge in [-0.05, 0) is 37.5 Å². The summed E-state index contributed by atoms with van der Waals surface area (Å²) in [5, 5.41) is 10.5. The van der Waals surface area contributed by atoms with Crippen LogP contribution in [0, 0.1) is 6.92 Å². The van der Waals surface area contributed by atoms with Gasteiger partial charge in [0.25, 0.3) is 5.56 Å². The molecule has 26 heavy (non-hydrogen) atoms. The lowest BCUT2D eigenvalue weighted by Gasteiger charge is -2.26. The lowest BCUT2D eigenvalue weighted by atomic mass is 9.98. The summed E-state index contributed by atoms with van der Waals surface area (Å²) in [5.74, 6) is 0.699. The summed E-state index contributed by atoms with van der Waals surface area (Å²) in [6, 6.07) is 10.3. The molecule has 0 radical (unpaired) electrons. The number of benzene rings is 1. The summed E-state index contributed by atoms with van der Waals surface area (Å²) in [6.07, 6.45) is 3.66. The van der Waals surface area contributed by atoms with E-state index in [-0.39, 0.29) is 11.6 Å². The van der Waals surface area contributed by atoms with Gasteiger partial charge in [0.2, 0.25) is 0 Å². The Morgan fingerprint density at radius 3 is 3.00 bits per heavy atom. The van der Waals surface area contributed by atoms with Crippen LogP contribution in [0.25, 0.3) is 20.7 Å². The predicted octanol–water partition coefficient (Wildman–Crippen LogP) is 3.78. The molecular weight excluding hydrogens is 346 g/mol. The molecule has 1 unspecified atom stereocenters. The van der Waals surface area contributed by atoms with Crippen LogP contribution < -0.4 is 10.9 Å². The third kappa shape index (κ3) is 2.43. The maximum absolute atomic E-state index is 12.6. The molecule has 0 bridgehead atoms. The molecule has 4 heterocycles. The van der Waals surface area contributed by atoms with Crippen molar-refractivity contribution in [2.75, 3.05) is 5.32 Å². The fraction of sp³-hybridized carbons (Fsp3) is 0.211. The number of rotatable bonds is 2. The van der Waals surface area contributed by atoms with Gasteiger partial charge in [0, 0.05) is 21.8 Å². The zero-order valence-electron chi connectivity index (χ0n) is 14.2. The number of hydrogen-bond acceptors (Lipinski definition) is 5. The van der Waals surface area contributed by atoms with Crippen LogP contribution in [0.5, 0.6) is 0 Å². The second-order valence-electron chi connectivity index (χ2n) is 6.58. The van der Waals surface area contributed by atoms with Crippen LogP contribution in [-0.4, -0.2) is 20.2 Å². The number of anilines is 1. The topological polar surface area (TPSA) is 86.5 Å². The molecule has 0 saturated carbocycles. The second-order valence-corrected chi connectivity index (χ2v) is 7.63. The summed E-state index contributed by atoms with van der Waals surface area (Å²) in [7, 11) is 0. The number of hydrogen-bond donors (Lipinski definition) is 3. The number of para-hydroxylation sites is 1. The summed E-state index contributed by atoms with van der Waals surface area (Å²) in [6.45, 7) is 1.97. The average Bonchev–Trinajstić information content (AvgIpc) is 3.27. The number of nitrogens with zero attached hydrogens (tertiary/aromatic N) is 2. The first-order valence-electron chi connectivity index (χ1n) is 8.57. The molecular formula is C19H17N5OS. The Morgan fingerprint density at radius 1 is 1.27 bits per heavy atom. The molecule has 4 aromatic rings. The second kappa shape index (κ2) is 5.81. The van der Waals surface area contributed by atoms with E-state index in [1.807, 2.05) is 19.1 Å². The van der Waals surface area contributed by atoms with Crippen LogP contribution in [0.4, 0.5) is 5.69 Å². The highest BCUT2D eigenvalue weighted by Gasteiger charge is 2.22. The Labute approximate surface area is 153 Å². The standard InChI is InChI=1S/C19H17N5OS/c1-10-12(9-20-24-10)16-8-15-17(26-16)19(25)23-18(22-15)14-7-6-11-4-2-3-5-13(11)21-14/h2-5,8-9,14,21H,6-7H2,1H3,(H,20,24)(H,22,23,25). The third-order valence-electron chi connectivity index (χ3n) is 4.88. The first-order valence-corrected chi connectivity index (χ1v) is 9.39. The Balaban J connectivity index is 1.56. The van der Waals surface area contributed by atoms with Crippen molar-refractivity contribution in [2.24, 2.45) is 0 Å². The van der Waals surface area contributed by atoms with Gasteiger partial charge >= 0.3 is 0 Å². The van der Waals surface area contributed by atoms with Gasteiger partial charge in [-0.3, -0.25) is 9.89 Å². The molecule has 5 rings (SSSR count). The molecule has 3 aromatic heterocycles. The quantitative estimate of drug-likeness (QED) is 0.506. The number of thiophene rings is 1. The summed E-state index contributed by atoms with van der Waals surface area (Å²) in [4.78, 5) is 21.4. The molecule has 1 aliphatic rings. The summed E-state index contributed by atoms with van der Waals surface area (Å²) in [5.41, 5.74) is 5.08. The van der Waals surface area contributed by atoms with Crippen molar-refractivity contribution in [2.45, 2.75) is 25.8 Å². The van der Waals surface area contributed by atoms with Crippen molar-refractivity contribution >= 4 is 27.2 Å². The molecule has 0 fully saturated rings. The fourth-order valence-corrected chi connectivity index (χ4v) is 4.56. The SMILES string of the molecule is Cc1[nH]ncc1-c1cc2nc(C3CCc4ccccc4N3)[nH]c(=O)c2s1. The molecule has 1 aromatic carbocycles. The van der Waals surface area contributed by atoms with Crippen molar-refractivity contribution in [1.29, 1.82) is 0 Å². The zero-order chi connectivity index (χ0) is 17.7. The highest BCUT2D eigenvalue weighted by molar-refractivity contribution is 7.22. The van der Waals surface area contributed by atoms with E-state index in [1.165, 1.54) is 16.9 Å². The third-order valence-corrected chi connectivity index (χ3v) is 6.03. The number of aromatic nitrogens is 4. The van der Waals surface area contributed by atoms with E-state index in [0.717, 1.165) is 40.2 Å². The van der Waals surface area contributed by atoms with Gasteiger partial charge < -0.3 is 10.3 Å². The molecule has 0 amide bonds. The molecule has 7 heteroatoms. The smallest absolute Gasteiger partial charge is 0.268 e. The Morgan fingerprint density at radius 2 is 2.15 bits per heavy atom. The van der Waals surface area contributed by atoms with Crippen LogP contribution in [-0.2, 0) is 6.42 Å². The van der Waals surface area contributed by atoms with Gasteiger partial charge in [-0.1, -0.05) is 18.2 Å². The van der Waals surface area contributed by atoms with Gasteiger partial charge in [-0.25, -0.2) is 4.98 Å². The summed E-state index contributed by atoms with van der Waals surface area (Å²) < 4.78 is 0.653. The van der Waals surface area contributed by atoms with Crippen LogP contribution >= 0.6 is 11.3 Å². The van der Waals surface area contributed by atoms with Crippen LogP contribution in [0.15, 0.2) is 41.3 Å². The molecule has 0 spiro atoms. The van der Waals surface area contributed by atoms with Gasteiger partial charge in [0.05, 0.1) is 17.8 Å². The molecule has 0 aliphatic carbocycles. The maximum Gasteiger partial charge on any atom is 0.268 e. The molecule has 0 saturated heterocycles. The first kappa shape index (κ1) is 15.3. The Bertz CT molecular complexity index is 1170. The Kier molecular flexibility index (Phi) is 3.43. The van der Waals surface area contributed by atoms with Crippen molar-refractivity contribution < 1.29 is 0 Å². The monoisotopic (exact) mass is 363 g/mol. The minimum Gasteiger partial charge on any atom is -0.375 e. The summed E-state index contributed by atoms with van der Waals surface area (Å²) >= 11 is 1.45. The molecule has 6 nitrogen and oxygen atoms in total. The van der Waals surface area contributed by atoms with Crippen molar-refractivity contribution in [3.8, 4) is 10.4 Å². The molecule has 1 atom stereocenters. The molecule has 1 aliphatic heterocycles. The van der Waals surface area contributed by atoms with E-state index < -0.39 is 0 Å². The van der Waals surface area contributed by atoms with E-state index >= 15 is 0 Å². The van der Waals surface area contributed by atoms with Gasteiger partial charge in [0.1, 0.15) is 10.5 Å². The lowest BCUT2D eigenvalue weighted by molar-refractivity contribution is 0.631. The molecule has 130 valence electrons. The number of fused-ring (bicyclic) bond motifs is 2. The average molecular weight is 363 g/mol. The minimum absolute atomic E-state index is 0.0148. The minimum atomic E-state index is -0.0805. The van der Waals surface area contributed by atoms with Gasteiger partial charge in [0.15, 0.2) is 0 Å². The maximum atomic E-state index is 12.6. The molecule has 3 N–H and O–H groups in total. The number of aryl methyl sites for hydroxylation is 2. The first-order chi connectivity index (χ1) is 12.7. The van der Waals surface area contributed by atoms with E-state index in [2.05, 4.69) is 38.7 Å². The van der Waals surface area contributed by atoms with Crippen LogP contribution in [0.3, 0.4) is 0 Å². The van der Waals surface area contributed by atoms with Crippen molar-refractivity contribution in [1.82, 2.24) is 20.2 Å². The van der Waals surface area contributed by atoms with Crippen molar-refractivity contribution in [3.63, 3.8) is 0 Å². The van der Waals surface area contributed by atoms with E-state index in [0.29, 0.717) is 10.5 Å². The van der Waals surface area contributed by atoms with Gasteiger partial charge in [-0.2, -0.15) is 5.10 Å². The van der Waals surface area contributed by atoms with E-state index in [1.54, 1.807) is 6.20 Å². The lowest BCUT2D eigenvalue weighted by Crippen LogP contribution is -2.23. The number of nitrogens with one attached hydrogen (secondary N) is 3. The largest absolute Gasteiger partial charge is 0.375 e. The van der Waals surface area contributed by atoms with Gasteiger partial charge in [-0.15, -0.1) is 11.3 Å². The van der Waals surface area contributed by atoms with Crippen LogP contribution in [0.2, 0.25) is 0 Å². The van der Waals surface area contributed by atoms with Crippen molar-refractivity contribution in [3.05, 3.63) is 64.0 Å².